The molecule has 2 heteroatoms. The molecule has 1 fully saturated rings. The second kappa shape index (κ2) is 8.93. The van der Waals surface area contributed by atoms with Gasteiger partial charge in [-0.05, 0) is 31.2 Å². The molecule has 17 heavy (non-hydrogen) atoms. The molecule has 0 radical (unpaired) electrons. The highest BCUT2D eigenvalue weighted by Gasteiger charge is 2.26. The van der Waals surface area contributed by atoms with E-state index in [-0.39, 0.29) is 0 Å². The van der Waals surface area contributed by atoms with Crippen LogP contribution in [0.2, 0.25) is 0 Å². The third-order valence-electron chi connectivity index (χ3n) is 3.96. The average molecular weight is 241 g/mol. The largest absolute Gasteiger partial charge is 0.381 e. The number of rotatable bonds is 9. The molecule has 1 aliphatic heterocycles. The van der Waals surface area contributed by atoms with Gasteiger partial charge in [-0.1, -0.05) is 46.0 Å². The number of hydrogen-bond acceptors (Lipinski definition) is 2. The van der Waals surface area contributed by atoms with E-state index in [4.69, 9.17) is 4.74 Å². The number of ether oxygens (including phenoxy) is 1. The summed E-state index contributed by atoms with van der Waals surface area (Å²) in [5.74, 6) is 0. The Balaban J connectivity index is 1.89. The molecule has 0 bridgehead atoms. The predicted octanol–water partition coefficient (Wildman–Crippen LogP) is 3.75. The van der Waals surface area contributed by atoms with Crippen molar-refractivity contribution in [1.29, 1.82) is 0 Å². The van der Waals surface area contributed by atoms with E-state index >= 15 is 0 Å². The minimum Gasteiger partial charge on any atom is -0.381 e. The Morgan fingerprint density at radius 1 is 1.00 bits per heavy atom. The van der Waals surface area contributed by atoms with Gasteiger partial charge in [-0.25, -0.2) is 0 Å². The summed E-state index contributed by atoms with van der Waals surface area (Å²) in [5, 5.41) is 3.63. The van der Waals surface area contributed by atoms with Crippen molar-refractivity contribution in [2.75, 3.05) is 26.3 Å². The maximum absolute atomic E-state index is 5.42. The van der Waals surface area contributed by atoms with Gasteiger partial charge >= 0.3 is 0 Å². The van der Waals surface area contributed by atoms with Crippen LogP contribution in [0.3, 0.4) is 0 Å². The van der Waals surface area contributed by atoms with Crippen molar-refractivity contribution in [2.24, 2.45) is 5.41 Å². The smallest absolute Gasteiger partial charge is 0.0471 e. The summed E-state index contributed by atoms with van der Waals surface area (Å²) >= 11 is 0. The van der Waals surface area contributed by atoms with Crippen molar-refractivity contribution in [3.8, 4) is 0 Å². The van der Waals surface area contributed by atoms with Gasteiger partial charge in [-0.2, -0.15) is 0 Å². The molecule has 0 amide bonds. The van der Waals surface area contributed by atoms with E-state index in [2.05, 4.69) is 19.2 Å². The first-order chi connectivity index (χ1) is 8.27. The third kappa shape index (κ3) is 7.05. The molecule has 0 atom stereocenters. The quantitative estimate of drug-likeness (QED) is 0.621. The fourth-order valence-electron chi connectivity index (χ4n) is 2.46. The molecule has 102 valence electrons. The van der Waals surface area contributed by atoms with Gasteiger partial charge in [0.1, 0.15) is 0 Å². The van der Waals surface area contributed by atoms with Crippen LogP contribution in [-0.2, 0) is 4.74 Å². The van der Waals surface area contributed by atoms with Gasteiger partial charge in [0.2, 0.25) is 0 Å². The predicted molar refractivity (Wildman–Crippen MR) is 74.4 cm³/mol. The molecule has 0 saturated carbocycles. The lowest BCUT2D eigenvalue weighted by molar-refractivity contribution is 0.0242. The van der Waals surface area contributed by atoms with E-state index in [1.807, 2.05) is 0 Å². The standard InChI is InChI=1S/C15H31NO/c1-3-4-5-6-7-8-11-16-14-15(2)9-12-17-13-10-15/h16H,3-14H2,1-2H3. The Morgan fingerprint density at radius 3 is 2.35 bits per heavy atom. The SMILES string of the molecule is CCCCCCCCNCC1(C)CCOCC1. The normalized spacial score (nSPS) is 19.4. The van der Waals surface area contributed by atoms with E-state index in [1.54, 1.807) is 0 Å². The van der Waals surface area contributed by atoms with E-state index in [1.165, 1.54) is 64.5 Å². The Hall–Kier alpha value is -0.0800. The highest BCUT2D eigenvalue weighted by atomic mass is 16.5. The zero-order chi connectivity index (χ0) is 12.4. The maximum Gasteiger partial charge on any atom is 0.0471 e. The zero-order valence-electron chi connectivity index (χ0n) is 11.9. The van der Waals surface area contributed by atoms with Gasteiger partial charge in [-0.15, -0.1) is 0 Å². The second-order valence-electron chi connectivity index (χ2n) is 5.87. The van der Waals surface area contributed by atoms with Gasteiger partial charge in [0.25, 0.3) is 0 Å². The molecular weight excluding hydrogens is 210 g/mol. The first-order valence-electron chi connectivity index (χ1n) is 7.55. The van der Waals surface area contributed by atoms with Crippen molar-refractivity contribution in [2.45, 2.75) is 65.2 Å². The molecule has 0 spiro atoms. The lowest BCUT2D eigenvalue weighted by Crippen LogP contribution is -2.37. The first kappa shape index (κ1) is 15.0. The van der Waals surface area contributed by atoms with E-state index in [0.717, 1.165) is 13.2 Å². The summed E-state index contributed by atoms with van der Waals surface area (Å²) in [4.78, 5) is 0. The first-order valence-corrected chi connectivity index (χ1v) is 7.55. The molecule has 0 aromatic heterocycles. The van der Waals surface area contributed by atoms with Crippen LogP contribution in [-0.4, -0.2) is 26.3 Å². The summed E-state index contributed by atoms with van der Waals surface area (Å²) in [7, 11) is 0. The van der Waals surface area contributed by atoms with Gasteiger partial charge < -0.3 is 10.1 Å². The third-order valence-corrected chi connectivity index (χ3v) is 3.96. The summed E-state index contributed by atoms with van der Waals surface area (Å²) in [6.45, 7) is 8.94. The monoisotopic (exact) mass is 241 g/mol. The van der Waals surface area contributed by atoms with Crippen LogP contribution in [0.15, 0.2) is 0 Å². The molecule has 1 saturated heterocycles. The van der Waals surface area contributed by atoms with Crippen LogP contribution in [0.25, 0.3) is 0 Å². The van der Waals surface area contributed by atoms with Crippen LogP contribution >= 0.6 is 0 Å². The Kier molecular flexibility index (Phi) is 7.87. The fraction of sp³-hybridized carbons (Fsp3) is 1.00. The Bertz CT molecular complexity index is 176. The van der Waals surface area contributed by atoms with Crippen molar-refractivity contribution in [3.63, 3.8) is 0 Å². The summed E-state index contributed by atoms with van der Waals surface area (Å²) in [5.41, 5.74) is 0.487. The minimum atomic E-state index is 0.487. The molecule has 0 aromatic carbocycles. The van der Waals surface area contributed by atoms with E-state index in [9.17, 15) is 0 Å². The van der Waals surface area contributed by atoms with Crippen LogP contribution in [0.4, 0.5) is 0 Å². The molecule has 0 aliphatic carbocycles. The van der Waals surface area contributed by atoms with Crippen LogP contribution in [0.1, 0.15) is 65.2 Å². The highest BCUT2D eigenvalue weighted by molar-refractivity contribution is 4.79. The lowest BCUT2D eigenvalue weighted by Gasteiger charge is -2.33. The molecule has 1 aliphatic rings. The number of unbranched alkanes of at least 4 members (excludes halogenated alkanes) is 5. The molecule has 2 nitrogen and oxygen atoms in total. The molecular formula is C15H31NO. The summed E-state index contributed by atoms with van der Waals surface area (Å²) in [6.07, 6.45) is 10.8. The average Bonchev–Trinajstić information content (AvgIpc) is 2.33. The van der Waals surface area contributed by atoms with E-state index in [0.29, 0.717) is 5.41 Å². The minimum absolute atomic E-state index is 0.487. The van der Waals surface area contributed by atoms with Gasteiger partial charge in [-0.3, -0.25) is 0 Å². The topological polar surface area (TPSA) is 21.3 Å². The van der Waals surface area contributed by atoms with Crippen LogP contribution < -0.4 is 5.32 Å². The summed E-state index contributed by atoms with van der Waals surface area (Å²) in [6, 6.07) is 0. The molecule has 0 aromatic rings. The number of hydrogen-bond donors (Lipinski definition) is 1. The van der Waals surface area contributed by atoms with Crippen molar-refractivity contribution in [1.82, 2.24) is 5.32 Å². The molecule has 1 rings (SSSR count). The summed E-state index contributed by atoms with van der Waals surface area (Å²) < 4.78 is 5.42. The van der Waals surface area contributed by atoms with Gasteiger partial charge in [0, 0.05) is 19.8 Å². The second-order valence-corrected chi connectivity index (χ2v) is 5.87. The van der Waals surface area contributed by atoms with Gasteiger partial charge in [0.15, 0.2) is 0 Å². The molecule has 1 N–H and O–H groups in total. The van der Waals surface area contributed by atoms with Gasteiger partial charge in [0.05, 0.1) is 0 Å². The zero-order valence-corrected chi connectivity index (χ0v) is 11.9. The maximum atomic E-state index is 5.42. The van der Waals surface area contributed by atoms with Crippen molar-refractivity contribution in [3.05, 3.63) is 0 Å². The Labute approximate surface area is 108 Å². The number of nitrogens with one attached hydrogen (secondary N) is 1. The van der Waals surface area contributed by atoms with Crippen molar-refractivity contribution >= 4 is 0 Å². The highest BCUT2D eigenvalue weighted by Crippen LogP contribution is 2.28. The van der Waals surface area contributed by atoms with E-state index < -0.39 is 0 Å². The Morgan fingerprint density at radius 2 is 1.65 bits per heavy atom. The molecule has 0 unspecified atom stereocenters. The lowest BCUT2D eigenvalue weighted by atomic mass is 9.82. The van der Waals surface area contributed by atoms with Crippen molar-refractivity contribution < 1.29 is 4.74 Å². The fourth-order valence-corrected chi connectivity index (χ4v) is 2.46. The van der Waals surface area contributed by atoms with Crippen LogP contribution in [0, 0.1) is 5.41 Å². The van der Waals surface area contributed by atoms with Crippen LogP contribution in [0.5, 0.6) is 0 Å². The molecule has 1 heterocycles.